The topological polar surface area (TPSA) is 72.9 Å². The second kappa shape index (κ2) is 8.73. The van der Waals surface area contributed by atoms with E-state index in [0.29, 0.717) is 45.8 Å². The minimum Gasteiger partial charge on any atom is -0.495 e. The molecule has 1 N–H and O–H groups in total. The van der Waals surface area contributed by atoms with E-state index < -0.39 is 6.17 Å². The summed E-state index contributed by atoms with van der Waals surface area (Å²) in [4.78, 5) is 19.4. The highest BCUT2D eigenvalue weighted by molar-refractivity contribution is 6.32. The van der Waals surface area contributed by atoms with Crippen LogP contribution < -0.4 is 24.4 Å². The molecule has 8 heteroatoms. The zero-order valence-corrected chi connectivity index (χ0v) is 18.1. The fourth-order valence-corrected chi connectivity index (χ4v) is 3.82. The predicted octanol–water partition coefficient (Wildman–Crippen LogP) is 4.92. The van der Waals surface area contributed by atoms with E-state index in [1.165, 1.54) is 7.11 Å². The van der Waals surface area contributed by atoms with Crippen LogP contribution in [0.3, 0.4) is 0 Å². The summed E-state index contributed by atoms with van der Waals surface area (Å²) >= 11 is 6.34. The van der Waals surface area contributed by atoms with Crippen LogP contribution in [0.4, 0.5) is 11.4 Å². The number of pyridine rings is 1. The van der Waals surface area contributed by atoms with Gasteiger partial charge in [0.25, 0.3) is 5.91 Å². The molecule has 7 nitrogen and oxygen atoms in total. The van der Waals surface area contributed by atoms with Crippen LogP contribution in [-0.4, -0.2) is 31.7 Å². The number of anilines is 2. The molecule has 1 atom stereocenters. The molecule has 1 aromatic heterocycles. The van der Waals surface area contributed by atoms with Gasteiger partial charge in [-0.25, -0.2) is 0 Å². The number of carbonyl (C=O) groups is 1. The number of fused-ring (bicyclic) bond motifs is 1. The molecular weight excluding hydrogens is 418 g/mol. The number of nitrogens with zero attached hydrogens (tertiary/aromatic N) is 2. The summed E-state index contributed by atoms with van der Waals surface area (Å²) in [7, 11) is 3.10. The van der Waals surface area contributed by atoms with Crippen molar-refractivity contribution in [1.29, 1.82) is 0 Å². The molecule has 0 bridgehead atoms. The normalized spacial score (nSPS) is 14.9. The fourth-order valence-electron chi connectivity index (χ4n) is 3.57. The molecule has 0 unspecified atom stereocenters. The number of nitrogens with one attached hydrogen (secondary N) is 1. The van der Waals surface area contributed by atoms with Gasteiger partial charge in [-0.05, 0) is 49.4 Å². The highest BCUT2D eigenvalue weighted by Gasteiger charge is 2.39. The summed E-state index contributed by atoms with van der Waals surface area (Å²) in [6.45, 7) is 2.49. The molecular formula is C23H22ClN3O4. The number of ether oxygens (including phenoxy) is 3. The van der Waals surface area contributed by atoms with Gasteiger partial charge in [0.2, 0.25) is 0 Å². The van der Waals surface area contributed by atoms with Gasteiger partial charge in [0, 0.05) is 18.0 Å². The van der Waals surface area contributed by atoms with Crippen molar-refractivity contribution in [3.63, 3.8) is 0 Å². The second-order valence-corrected chi connectivity index (χ2v) is 7.18. The van der Waals surface area contributed by atoms with Gasteiger partial charge < -0.3 is 19.5 Å². The van der Waals surface area contributed by atoms with Crippen molar-refractivity contribution >= 4 is 28.9 Å². The molecule has 3 aromatic rings. The summed E-state index contributed by atoms with van der Waals surface area (Å²) in [6.07, 6.45) is 1.11. The van der Waals surface area contributed by atoms with Crippen LogP contribution in [0.2, 0.25) is 5.02 Å². The van der Waals surface area contributed by atoms with Crippen LogP contribution >= 0.6 is 11.6 Å². The van der Waals surface area contributed by atoms with E-state index in [0.717, 1.165) is 5.75 Å². The van der Waals surface area contributed by atoms with Gasteiger partial charge in [-0.15, -0.1) is 0 Å². The molecule has 1 amide bonds. The number of amides is 1. The molecule has 0 fully saturated rings. The third-order valence-corrected chi connectivity index (χ3v) is 5.29. The summed E-state index contributed by atoms with van der Waals surface area (Å²) in [5.74, 6) is 1.61. The van der Waals surface area contributed by atoms with Crippen molar-refractivity contribution in [2.45, 2.75) is 13.1 Å². The zero-order chi connectivity index (χ0) is 22.0. The molecule has 2 heterocycles. The molecule has 4 rings (SSSR count). The zero-order valence-electron chi connectivity index (χ0n) is 17.4. The summed E-state index contributed by atoms with van der Waals surface area (Å²) < 4.78 is 16.3. The summed E-state index contributed by atoms with van der Waals surface area (Å²) in [6, 6.07) is 14.3. The molecule has 1 aliphatic heterocycles. The molecule has 0 aliphatic carbocycles. The minimum atomic E-state index is -0.556. The highest BCUT2D eigenvalue weighted by Crippen LogP contribution is 2.41. The number of carbonyl (C=O) groups excluding carboxylic acids is 1. The first-order valence-electron chi connectivity index (χ1n) is 9.76. The van der Waals surface area contributed by atoms with Gasteiger partial charge in [0.1, 0.15) is 17.2 Å². The Morgan fingerprint density at radius 2 is 1.84 bits per heavy atom. The van der Waals surface area contributed by atoms with E-state index >= 15 is 0 Å². The highest BCUT2D eigenvalue weighted by atomic mass is 35.5. The van der Waals surface area contributed by atoms with E-state index in [1.807, 2.05) is 31.2 Å². The van der Waals surface area contributed by atoms with Crippen molar-refractivity contribution in [3.8, 4) is 17.2 Å². The van der Waals surface area contributed by atoms with E-state index in [4.69, 9.17) is 25.8 Å². The van der Waals surface area contributed by atoms with Crippen LogP contribution in [0.1, 0.15) is 29.1 Å². The van der Waals surface area contributed by atoms with Crippen molar-refractivity contribution in [1.82, 2.24) is 4.98 Å². The lowest BCUT2D eigenvalue weighted by atomic mass is 10.2. The number of halogens is 1. The largest absolute Gasteiger partial charge is 0.495 e. The first-order valence-corrected chi connectivity index (χ1v) is 10.1. The number of hydrogen-bond acceptors (Lipinski definition) is 6. The average Bonchev–Trinajstić information content (AvgIpc) is 3.06. The lowest BCUT2D eigenvalue weighted by molar-refractivity contribution is 0.0993. The monoisotopic (exact) mass is 439 g/mol. The molecule has 0 radical (unpaired) electrons. The van der Waals surface area contributed by atoms with Crippen molar-refractivity contribution < 1.29 is 19.0 Å². The van der Waals surface area contributed by atoms with E-state index in [1.54, 1.807) is 42.5 Å². The fraction of sp³-hybridized carbons (Fsp3) is 0.217. The van der Waals surface area contributed by atoms with Gasteiger partial charge in [-0.2, -0.15) is 0 Å². The van der Waals surface area contributed by atoms with Crippen molar-refractivity contribution in [2.75, 3.05) is 31.0 Å². The molecule has 0 saturated carbocycles. The Balaban J connectivity index is 1.76. The van der Waals surface area contributed by atoms with Crippen LogP contribution in [0.15, 0.2) is 54.7 Å². The SMILES string of the molecule is CCOc1ccc(N2C(=O)c3cccnc3[C@H]2Nc2cc(Cl)c(OC)cc2OC)cc1. The Bertz CT molecular complexity index is 1100. The van der Waals surface area contributed by atoms with Gasteiger partial charge in [-0.1, -0.05) is 11.6 Å². The van der Waals surface area contributed by atoms with Crippen LogP contribution in [0.25, 0.3) is 0 Å². The molecule has 1 aliphatic rings. The van der Waals surface area contributed by atoms with E-state index in [2.05, 4.69) is 10.3 Å². The Morgan fingerprint density at radius 1 is 1.10 bits per heavy atom. The first-order chi connectivity index (χ1) is 15.1. The standard InChI is InChI=1S/C23H22ClN3O4/c1-4-31-15-9-7-14(8-10-15)27-22(21-16(23(27)28)6-5-11-25-21)26-18-12-17(24)19(29-2)13-20(18)30-3/h5-13,22,26H,4H2,1-3H3/t22-/m0/s1. The lowest BCUT2D eigenvalue weighted by Crippen LogP contribution is -2.32. The second-order valence-electron chi connectivity index (χ2n) is 6.77. The Kier molecular flexibility index (Phi) is 5.86. The lowest BCUT2D eigenvalue weighted by Gasteiger charge is -2.27. The first kappa shape index (κ1) is 20.8. The smallest absolute Gasteiger partial charge is 0.262 e. The Labute approximate surface area is 185 Å². The van der Waals surface area contributed by atoms with Crippen molar-refractivity contribution in [3.05, 3.63) is 71.0 Å². The van der Waals surface area contributed by atoms with Crippen LogP contribution in [0, 0.1) is 0 Å². The summed E-state index contributed by atoms with van der Waals surface area (Å²) in [5.41, 5.74) is 2.48. The molecule has 0 spiro atoms. The van der Waals surface area contributed by atoms with Gasteiger partial charge in [-0.3, -0.25) is 14.7 Å². The van der Waals surface area contributed by atoms with E-state index in [9.17, 15) is 4.79 Å². The molecule has 0 saturated heterocycles. The number of rotatable bonds is 7. The average molecular weight is 440 g/mol. The molecule has 31 heavy (non-hydrogen) atoms. The number of aromatic nitrogens is 1. The third-order valence-electron chi connectivity index (χ3n) is 5.00. The quantitative estimate of drug-likeness (QED) is 0.563. The van der Waals surface area contributed by atoms with E-state index in [-0.39, 0.29) is 5.91 Å². The maximum Gasteiger partial charge on any atom is 0.262 e. The van der Waals surface area contributed by atoms with Crippen LogP contribution in [0.5, 0.6) is 17.2 Å². The molecule has 160 valence electrons. The van der Waals surface area contributed by atoms with Gasteiger partial charge in [0.15, 0.2) is 6.17 Å². The Hall–Kier alpha value is -3.45. The van der Waals surface area contributed by atoms with Crippen LogP contribution in [-0.2, 0) is 0 Å². The van der Waals surface area contributed by atoms with Gasteiger partial charge >= 0.3 is 0 Å². The minimum absolute atomic E-state index is 0.150. The third kappa shape index (κ3) is 3.84. The number of hydrogen-bond donors (Lipinski definition) is 1. The summed E-state index contributed by atoms with van der Waals surface area (Å²) in [5, 5.41) is 3.79. The predicted molar refractivity (Wildman–Crippen MR) is 120 cm³/mol. The van der Waals surface area contributed by atoms with Gasteiger partial charge in [0.05, 0.1) is 42.8 Å². The van der Waals surface area contributed by atoms with Crippen molar-refractivity contribution in [2.24, 2.45) is 0 Å². The maximum atomic E-state index is 13.3. The molecule has 2 aromatic carbocycles. The number of benzene rings is 2. The maximum absolute atomic E-state index is 13.3. The Morgan fingerprint density at radius 3 is 2.52 bits per heavy atom. The number of methoxy groups -OCH3 is 2.